The lowest BCUT2D eigenvalue weighted by Crippen LogP contribution is -2.28. The molecule has 0 fully saturated rings. The van der Waals surface area contributed by atoms with Gasteiger partial charge in [0.15, 0.2) is 5.78 Å². The lowest BCUT2D eigenvalue weighted by molar-refractivity contribution is -0.123. The van der Waals surface area contributed by atoms with Gasteiger partial charge in [0.25, 0.3) is 0 Å². The second kappa shape index (κ2) is 11.2. The van der Waals surface area contributed by atoms with Crippen molar-refractivity contribution in [1.29, 1.82) is 0 Å². The Kier molecular flexibility index (Phi) is 7.80. The summed E-state index contributed by atoms with van der Waals surface area (Å²) in [6, 6.07) is 37.9. The number of amides is 1. The lowest BCUT2D eigenvalue weighted by Gasteiger charge is -2.31. The molecule has 1 amide bonds. The van der Waals surface area contributed by atoms with Crippen LogP contribution in [0, 0.1) is 5.41 Å². The van der Waals surface area contributed by atoms with Crippen LogP contribution in [0.5, 0.6) is 0 Å². The van der Waals surface area contributed by atoms with E-state index in [-0.39, 0.29) is 23.5 Å². The molecule has 0 bridgehead atoms. The Hall–Kier alpha value is -3.98. The highest BCUT2D eigenvalue weighted by molar-refractivity contribution is 5.97. The number of rotatable bonds is 8. The van der Waals surface area contributed by atoms with Gasteiger partial charge in [-0.05, 0) is 22.8 Å². The second-order valence-corrected chi connectivity index (χ2v) is 10.2. The Morgan fingerprint density at radius 1 is 0.667 bits per heavy atom. The molecule has 0 radical (unpaired) electrons. The van der Waals surface area contributed by atoms with Crippen molar-refractivity contribution in [2.75, 3.05) is 5.32 Å². The molecular weight excluding hydrogens is 442 g/mol. The number of nitrogens with one attached hydrogen (secondary N) is 1. The highest BCUT2D eigenvalue weighted by atomic mass is 16.2. The molecule has 2 atom stereocenters. The van der Waals surface area contributed by atoms with Crippen molar-refractivity contribution >= 4 is 17.4 Å². The molecule has 0 heterocycles. The van der Waals surface area contributed by atoms with Crippen LogP contribution in [-0.4, -0.2) is 11.7 Å². The number of anilines is 1. The van der Waals surface area contributed by atoms with E-state index in [1.807, 2.05) is 106 Å². The van der Waals surface area contributed by atoms with E-state index in [4.69, 9.17) is 0 Å². The highest BCUT2D eigenvalue weighted by Gasteiger charge is 2.31. The van der Waals surface area contributed by atoms with Gasteiger partial charge in [0.1, 0.15) is 0 Å². The standard InChI is InChI=1S/C33H33NO2/c1-33(2,3)32(36)34-29-22-14-13-21-27(29)31(26-19-11-6-12-20-26)28(24-15-7-4-8-16-24)23-30(35)25-17-9-5-10-18-25/h4-22,28,31H,23H2,1-3H3,(H,34,36)/t28-,31-/m0/s1. The average molecular weight is 476 g/mol. The Balaban J connectivity index is 1.85. The molecule has 182 valence electrons. The van der Waals surface area contributed by atoms with E-state index in [1.165, 1.54) is 0 Å². The predicted molar refractivity (Wildman–Crippen MR) is 147 cm³/mol. The van der Waals surface area contributed by atoms with E-state index < -0.39 is 5.41 Å². The summed E-state index contributed by atoms with van der Waals surface area (Å²) in [5, 5.41) is 3.17. The van der Waals surface area contributed by atoms with Crippen molar-refractivity contribution in [3.63, 3.8) is 0 Å². The van der Waals surface area contributed by atoms with Crippen LogP contribution in [0.4, 0.5) is 5.69 Å². The fraction of sp³-hybridized carbons (Fsp3) is 0.212. The van der Waals surface area contributed by atoms with Crippen molar-refractivity contribution < 1.29 is 9.59 Å². The number of carbonyl (C=O) groups excluding carboxylic acids is 2. The third-order valence-electron chi connectivity index (χ3n) is 6.52. The molecule has 4 rings (SSSR count). The molecule has 3 nitrogen and oxygen atoms in total. The van der Waals surface area contributed by atoms with Gasteiger partial charge >= 0.3 is 0 Å². The molecule has 0 aromatic heterocycles. The van der Waals surface area contributed by atoms with Gasteiger partial charge in [0.2, 0.25) is 5.91 Å². The number of hydrogen-bond acceptors (Lipinski definition) is 2. The van der Waals surface area contributed by atoms with Crippen molar-refractivity contribution in [3.05, 3.63) is 138 Å². The molecule has 0 aliphatic heterocycles. The van der Waals surface area contributed by atoms with Crippen molar-refractivity contribution in [2.24, 2.45) is 5.41 Å². The minimum absolute atomic E-state index is 0.0432. The number of hydrogen-bond donors (Lipinski definition) is 1. The number of carbonyl (C=O) groups is 2. The molecule has 1 N–H and O–H groups in total. The topological polar surface area (TPSA) is 46.2 Å². The first kappa shape index (κ1) is 25.1. The summed E-state index contributed by atoms with van der Waals surface area (Å²) in [5.74, 6) is -0.216. The molecule has 0 saturated carbocycles. The zero-order valence-corrected chi connectivity index (χ0v) is 21.1. The van der Waals surface area contributed by atoms with Crippen molar-refractivity contribution in [3.8, 4) is 0 Å². The normalized spacial score (nSPS) is 13.0. The molecule has 3 heteroatoms. The lowest BCUT2D eigenvalue weighted by atomic mass is 9.74. The molecule has 0 aliphatic carbocycles. The van der Waals surface area contributed by atoms with Crippen LogP contribution in [-0.2, 0) is 4.79 Å². The summed E-state index contributed by atoms with van der Waals surface area (Å²) in [6.07, 6.45) is 0.342. The van der Waals surface area contributed by atoms with E-state index in [0.29, 0.717) is 12.0 Å². The van der Waals surface area contributed by atoms with E-state index in [9.17, 15) is 9.59 Å². The summed E-state index contributed by atoms with van der Waals surface area (Å²) in [7, 11) is 0. The Labute approximate surface area is 214 Å². The molecule has 36 heavy (non-hydrogen) atoms. The van der Waals surface area contributed by atoms with Crippen molar-refractivity contribution in [1.82, 2.24) is 0 Å². The zero-order valence-electron chi connectivity index (χ0n) is 21.1. The van der Waals surface area contributed by atoms with Gasteiger partial charge in [-0.1, -0.05) is 130 Å². The van der Waals surface area contributed by atoms with Crippen LogP contribution in [0.25, 0.3) is 0 Å². The Bertz CT molecular complexity index is 1290. The first-order chi connectivity index (χ1) is 17.3. The fourth-order valence-corrected chi connectivity index (χ4v) is 4.55. The van der Waals surface area contributed by atoms with Crippen LogP contribution in [0.15, 0.2) is 115 Å². The largest absolute Gasteiger partial charge is 0.325 e. The fourth-order valence-electron chi connectivity index (χ4n) is 4.55. The smallest absolute Gasteiger partial charge is 0.229 e. The van der Waals surface area contributed by atoms with Gasteiger partial charge in [0, 0.05) is 34.9 Å². The molecule has 0 saturated heterocycles. The number of Topliss-reactive ketones (excluding diaryl/α,β-unsaturated/α-hetero) is 1. The minimum Gasteiger partial charge on any atom is -0.325 e. The predicted octanol–water partition coefficient (Wildman–Crippen LogP) is 7.86. The molecule has 4 aromatic carbocycles. The average Bonchev–Trinajstić information content (AvgIpc) is 2.90. The Morgan fingerprint density at radius 2 is 1.17 bits per heavy atom. The molecule has 0 spiro atoms. The summed E-state index contributed by atoms with van der Waals surface area (Å²) in [6.45, 7) is 5.72. The molecule has 0 aliphatic rings. The monoisotopic (exact) mass is 475 g/mol. The van der Waals surface area contributed by atoms with Gasteiger partial charge in [-0.2, -0.15) is 0 Å². The third-order valence-corrected chi connectivity index (χ3v) is 6.52. The molecule has 0 unspecified atom stereocenters. The van der Waals surface area contributed by atoms with E-state index >= 15 is 0 Å². The first-order valence-electron chi connectivity index (χ1n) is 12.4. The third kappa shape index (κ3) is 5.98. The van der Waals surface area contributed by atoms with Gasteiger partial charge < -0.3 is 5.32 Å². The summed E-state index contributed by atoms with van der Waals surface area (Å²) in [4.78, 5) is 26.5. The minimum atomic E-state index is -0.530. The van der Waals surface area contributed by atoms with Gasteiger partial charge in [0.05, 0.1) is 0 Å². The number of ketones is 1. The highest BCUT2D eigenvalue weighted by Crippen LogP contribution is 2.44. The van der Waals surface area contributed by atoms with Crippen LogP contribution < -0.4 is 5.32 Å². The summed E-state index contributed by atoms with van der Waals surface area (Å²) >= 11 is 0. The first-order valence-corrected chi connectivity index (χ1v) is 12.4. The zero-order chi connectivity index (χ0) is 25.5. The van der Waals surface area contributed by atoms with E-state index in [2.05, 4.69) is 35.6 Å². The van der Waals surface area contributed by atoms with Gasteiger partial charge in [-0.15, -0.1) is 0 Å². The molecular formula is C33H33NO2. The van der Waals surface area contributed by atoms with Crippen LogP contribution in [0.3, 0.4) is 0 Å². The SMILES string of the molecule is CC(C)(C)C(=O)Nc1ccccc1[C@H](c1ccccc1)[C@@H](CC(=O)c1ccccc1)c1ccccc1. The molecule has 4 aromatic rings. The van der Waals surface area contributed by atoms with Gasteiger partial charge in [-0.3, -0.25) is 9.59 Å². The van der Waals surface area contributed by atoms with Crippen LogP contribution >= 0.6 is 0 Å². The van der Waals surface area contributed by atoms with Crippen LogP contribution in [0.1, 0.15) is 66.1 Å². The quantitative estimate of drug-likeness (QED) is 0.264. The summed E-state index contributed by atoms with van der Waals surface area (Å²) < 4.78 is 0. The Morgan fingerprint density at radius 3 is 1.75 bits per heavy atom. The summed E-state index contributed by atoms with van der Waals surface area (Å²) in [5.41, 5.74) is 4.14. The maximum absolute atomic E-state index is 13.5. The van der Waals surface area contributed by atoms with Crippen molar-refractivity contribution in [2.45, 2.75) is 39.0 Å². The maximum Gasteiger partial charge on any atom is 0.229 e. The van der Waals surface area contributed by atoms with E-state index in [1.54, 1.807) is 0 Å². The maximum atomic E-state index is 13.5. The van der Waals surface area contributed by atoms with Gasteiger partial charge in [-0.25, -0.2) is 0 Å². The number of benzene rings is 4. The van der Waals surface area contributed by atoms with E-state index in [0.717, 1.165) is 22.4 Å². The number of para-hydroxylation sites is 1. The van der Waals surface area contributed by atoms with Crippen LogP contribution in [0.2, 0.25) is 0 Å². The second-order valence-electron chi connectivity index (χ2n) is 10.2.